The van der Waals surface area contributed by atoms with Gasteiger partial charge in [0, 0.05) is 37.8 Å². The second kappa shape index (κ2) is 9.65. The van der Waals surface area contributed by atoms with Gasteiger partial charge in [0.15, 0.2) is 0 Å². The average Bonchev–Trinajstić information content (AvgIpc) is 3.38. The maximum atomic E-state index is 13.4. The number of nitrogens with one attached hydrogen (secondary N) is 1. The van der Waals surface area contributed by atoms with Gasteiger partial charge in [-0.2, -0.15) is 0 Å². The zero-order valence-electron chi connectivity index (χ0n) is 19.5. The lowest BCUT2D eigenvalue weighted by atomic mass is 9.92. The highest BCUT2D eigenvalue weighted by Crippen LogP contribution is 2.40. The van der Waals surface area contributed by atoms with E-state index in [2.05, 4.69) is 12.2 Å². The molecule has 2 aromatic rings. The molecule has 33 heavy (non-hydrogen) atoms. The number of hydrogen-bond acceptors (Lipinski definition) is 4. The predicted octanol–water partition coefficient (Wildman–Crippen LogP) is 3.93. The second-order valence-corrected chi connectivity index (χ2v) is 8.72. The molecule has 7 heteroatoms. The number of anilines is 2. The molecule has 1 fully saturated rings. The van der Waals surface area contributed by atoms with E-state index in [0.29, 0.717) is 18.8 Å². The quantitative estimate of drug-likeness (QED) is 0.695. The Labute approximate surface area is 194 Å². The SMILES string of the molecule is CCCCN1C(=O)CC(C(=O)Nc2ccc3c(c2)CCN3C(C)=O)C1c1ccc(OC)cc1. The third-order valence-electron chi connectivity index (χ3n) is 6.60. The van der Waals surface area contributed by atoms with Crippen LogP contribution in [0.4, 0.5) is 11.4 Å². The normalized spacial score (nSPS) is 19.5. The number of carbonyl (C=O) groups excluding carboxylic acids is 3. The molecule has 0 aliphatic carbocycles. The molecule has 0 spiro atoms. The van der Waals surface area contributed by atoms with E-state index in [0.717, 1.165) is 41.8 Å². The summed E-state index contributed by atoms with van der Waals surface area (Å²) in [6, 6.07) is 12.9. The minimum atomic E-state index is -0.482. The van der Waals surface area contributed by atoms with Crippen LogP contribution in [0, 0.1) is 5.92 Å². The molecule has 2 atom stereocenters. The molecule has 7 nitrogen and oxygen atoms in total. The van der Waals surface area contributed by atoms with Gasteiger partial charge in [0.1, 0.15) is 5.75 Å². The van der Waals surface area contributed by atoms with E-state index in [1.165, 1.54) is 0 Å². The topological polar surface area (TPSA) is 79.0 Å². The van der Waals surface area contributed by atoms with E-state index in [1.807, 2.05) is 47.4 Å². The van der Waals surface area contributed by atoms with Crippen LogP contribution in [-0.2, 0) is 20.8 Å². The van der Waals surface area contributed by atoms with Crippen LogP contribution in [-0.4, -0.2) is 42.8 Å². The fourth-order valence-corrected chi connectivity index (χ4v) is 4.87. The van der Waals surface area contributed by atoms with E-state index < -0.39 is 5.92 Å². The number of rotatable bonds is 7. The summed E-state index contributed by atoms with van der Waals surface area (Å²) in [5, 5.41) is 3.03. The summed E-state index contributed by atoms with van der Waals surface area (Å²) in [5.41, 5.74) is 3.57. The number of fused-ring (bicyclic) bond motifs is 1. The molecule has 4 rings (SSSR count). The van der Waals surface area contributed by atoms with Gasteiger partial charge in [-0.05, 0) is 54.3 Å². The molecule has 2 aromatic carbocycles. The van der Waals surface area contributed by atoms with Crippen molar-refractivity contribution in [2.75, 3.05) is 30.4 Å². The second-order valence-electron chi connectivity index (χ2n) is 8.72. The fraction of sp³-hybridized carbons (Fsp3) is 0.423. The number of unbranched alkanes of at least 4 members (excludes halogenated alkanes) is 1. The number of nitrogens with zero attached hydrogens (tertiary/aromatic N) is 2. The van der Waals surface area contributed by atoms with E-state index >= 15 is 0 Å². The van der Waals surface area contributed by atoms with Gasteiger partial charge in [0.25, 0.3) is 0 Å². The molecule has 1 saturated heterocycles. The van der Waals surface area contributed by atoms with Gasteiger partial charge in [0.05, 0.1) is 19.1 Å². The molecule has 2 aliphatic rings. The number of ether oxygens (including phenoxy) is 1. The highest BCUT2D eigenvalue weighted by Gasteiger charge is 2.44. The summed E-state index contributed by atoms with van der Waals surface area (Å²) < 4.78 is 5.27. The van der Waals surface area contributed by atoms with Crippen LogP contribution in [0.3, 0.4) is 0 Å². The third kappa shape index (κ3) is 4.58. The first-order valence-corrected chi connectivity index (χ1v) is 11.6. The highest BCUT2D eigenvalue weighted by molar-refractivity contribution is 5.99. The largest absolute Gasteiger partial charge is 0.497 e. The van der Waals surface area contributed by atoms with Crippen LogP contribution in [0.2, 0.25) is 0 Å². The number of likely N-dealkylation sites (tertiary alicyclic amines) is 1. The zero-order chi connectivity index (χ0) is 23.5. The molecular formula is C26H31N3O4. The average molecular weight is 450 g/mol. The molecule has 0 radical (unpaired) electrons. The molecule has 2 unspecified atom stereocenters. The Balaban J connectivity index is 1.57. The van der Waals surface area contributed by atoms with Gasteiger partial charge in [-0.15, -0.1) is 0 Å². The van der Waals surface area contributed by atoms with E-state index in [9.17, 15) is 14.4 Å². The van der Waals surface area contributed by atoms with Crippen molar-refractivity contribution in [3.8, 4) is 5.75 Å². The van der Waals surface area contributed by atoms with Crippen molar-refractivity contribution < 1.29 is 19.1 Å². The van der Waals surface area contributed by atoms with E-state index in [1.54, 1.807) is 18.9 Å². The molecule has 0 saturated carbocycles. The van der Waals surface area contributed by atoms with Gasteiger partial charge < -0.3 is 19.9 Å². The molecule has 2 aliphatic heterocycles. The van der Waals surface area contributed by atoms with Gasteiger partial charge in [0.2, 0.25) is 17.7 Å². The minimum Gasteiger partial charge on any atom is -0.497 e. The Kier molecular flexibility index (Phi) is 6.67. The highest BCUT2D eigenvalue weighted by atomic mass is 16.5. The van der Waals surface area contributed by atoms with Gasteiger partial charge in [-0.1, -0.05) is 25.5 Å². The standard InChI is InChI=1S/C26H31N3O4/c1-4-5-13-29-24(31)16-22(25(29)18-6-9-21(33-3)10-7-18)26(32)27-20-8-11-23-19(15-20)12-14-28(23)17(2)30/h6-11,15,22,25H,4-5,12-14,16H2,1-3H3,(H,27,32). The van der Waals surface area contributed by atoms with Crippen molar-refractivity contribution in [2.24, 2.45) is 5.92 Å². The fourth-order valence-electron chi connectivity index (χ4n) is 4.87. The first-order chi connectivity index (χ1) is 15.9. The molecule has 0 aromatic heterocycles. The number of methoxy groups -OCH3 is 1. The summed E-state index contributed by atoms with van der Waals surface area (Å²) in [6.45, 7) is 4.94. The number of hydrogen-bond donors (Lipinski definition) is 1. The van der Waals surface area contributed by atoms with Crippen LogP contribution in [0.15, 0.2) is 42.5 Å². The summed E-state index contributed by atoms with van der Waals surface area (Å²) in [7, 11) is 1.62. The lowest BCUT2D eigenvalue weighted by molar-refractivity contribution is -0.129. The molecule has 1 N–H and O–H groups in total. The van der Waals surface area contributed by atoms with Crippen LogP contribution < -0.4 is 15.0 Å². The maximum Gasteiger partial charge on any atom is 0.230 e. The van der Waals surface area contributed by atoms with Crippen molar-refractivity contribution in [3.05, 3.63) is 53.6 Å². The van der Waals surface area contributed by atoms with Crippen LogP contribution in [0.1, 0.15) is 50.3 Å². The lowest BCUT2D eigenvalue weighted by Gasteiger charge is -2.28. The van der Waals surface area contributed by atoms with Gasteiger partial charge >= 0.3 is 0 Å². The molecule has 174 valence electrons. The van der Waals surface area contributed by atoms with Crippen LogP contribution >= 0.6 is 0 Å². The number of carbonyl (C=O) groups is 3. The van der Waals surface area contributed by atoms with Gasteiger partial charge in [-0.3, -0.25) is 14.4 Å². The van der Waals surface area contributed by atoms with Crippen molar-refractivity contribution in [3.63, 3.8) is 0 Å². The Morgan fingerprint density at radius 2 is 1.91 bits per heavy atom. The Morgan fingerprint density at radius 3 is 2.58 bits per heavy atom. The zero-order valence-corrected chi connectivity index (χ0v) is 19.5. The number of benzene rings is 2. The summed E-state index contributed by atoms with van der Waals surface area (Å²) in [6.07, 6.45) is 2.82. The Hall–Kier alpha value is -3.35. The monoisotopic (exact) mass is 449 g/mol. The molecule has 2 heterocycles. The van der Waals surface area contributed by atoms with E-state index in [4.69, 9.17) is 4.74 Å². The first kappa shape index (κ1) is 22.8. The molecular weight excluding hydrogens is 418 g/mol. The number of amides is 3. The third-order valence-corrected chi connectivity index (χ3v) is 6.60. The van der Waals surface area contributed by atoms with Crippen molar-refractivity contribution in [2.45, 2.75) is 45.6 Å². The van der Waals surface area contributed by atoms with E-state index in [-0.39, 0.29) is 30.2 Å². The van der Waals surface area contributed by atoms with Crippen molar-refractivity contribution >= 4 is 29.1 Å². The molecule has 3 amide bonds. The molecule has 0 bridgehead atoms. The van der Waals surface area contributed by atoms with Crippen LogP contribution in [0.5, 0.6) is 5.75 Å². The summed E-state index contributed by atoms with van der Waals surface area (Å²) >= 11 is 0. The summed E-state index contributed by atoms with van der Waals surface area (Å²) in [4.78, 5) is 41.7. The van der Waals surface area contributed by atoms with Crippen molar-refractivity contribution in [1.29, 1.82) is 0 Å². The Bertz CT molecular complexity index is 1050. The smallest absolute Gasteiger partial charge is 0.230 e. The predicted molar refractivity (Wildman–Crippen MR) is 127 cm³/mol. The summed E-state index contributed by atoms with van der Waals surface area (Å²) in [5.74, 6) is 0.121. The van der Waals surface area contributed by atoms with Crippen LogP contribution in [0.25, 0.3) is 0 Å². The first-order valence-electron chi connectivity index (χ1n) is 11.6. The minimum absolute atomic E-state index is 0.00970. The van der Waals surface area contributed by atoms with Crippen molar-refractivity contribution in [1.82, 2.24) is 4.90 Å². The Morgan fingerprint density at radius 1 is 1.15 bits per heavy atom. The van der Waals surface area contributed by atoms with Gasteiger partial charge in [-0.25, -0.2) is 0 Å². The maximum absolute atomic E-state index is 13.4. The lowest BCUT2D eigenvalue weighted by Crippen LogP contribution is -2.33.